The van der Waals surface area contributed by atoms with E-state index in [1.165, 1.54) is 0 Å². The molecule has 4 heteroatoms. The second-order valence-corrected chi connectivity index (χ2v) is 2.54. The Morgan fingerprint density at radius 2 is 2.23 bits per heavy atom. The van der Waals surface area contributed by atoms with Gasteiger partial charge in [-0.1, -0.05) is 17.6 Å². The molecule has 0 spiro atoms. The van der Waals surface area contributed by atoms with Gasteiger partial charge in [-0.15, -0.1) is 0 Å². The molecular formula is C9H12BO3. The van der Waals surface area contributed by atoms with Gasteiger partial charge >= 0.3 is 7.48 Å². The van der Waals surface area contributed by atoms with Gasteiger partial charge in [0.25, 0.3) is 0 Å². The topological polar surface area (TPSA) is 38.7 Å². The molecule has 0 atom stereocenters. The fourth-order valence-corrected chi connectivity index (χ4v) is 0.927. The molecule has 1 aromatic rings. The molecule has 13 heavy (non-hydrogen) atoms. The Bertz CT molecular complexity index is 252. The van der Waals surface area contributed by atoms with E-state index in [1.807, 2.05) is 12.1 Å². The van der Waals surface area contributed by atoms with Crippen molar-refractivity contribution in [2.75, 3.05) is 20.3 Å². The summed E-state index contributed by atoms with van der Waals surface area (Å²) in [5.74, 6) is 0.736. The van der Waals surface area contributed by atoms with Gasteiger partial charge < -0.3 is 14.5 Å². The van der Waals surface area contributed by atoms with Crippen LogP contribution in [-0.2, 0) is 4.74 Å². The molecule has 3 nitrogen and oxygen atoms in total. The molecular weight excluding hydrogens is 167 g/mol. The van der Waals surface area contributed by atoms with Crippen molar-refractivity contribution in [2.24, 2.45) is 0 Å². The van der Waals surface area contributed by atoms with Crippen LogP contribution in [0.3, 0.4) is 0 Å². The molecule has 0 unspecified atom stereocenters. The minimum atomic E-state index is 0.519. The standard InChI is InChI=1S/C9H12BO3/c1-12-5-6-13-9-4-2-3-8(7-9)10-11/h2-4,7,11H,5-6H2,1H3. The van der Waals surface area contributed by atoms with E-state index < -0.39 is 0 Å². The lowest BCUT2D eigenvalue weighted by molar-refractivity contribution is 0.146. The lowest BCUT2D eigenvalue weighted by Crippen LogP contribution is -2.13. The van der Waals surface area contributed by atoms with Gasteiger partial charge in [0.15, 0.2) is 0 Å². The quantitative estimate of drug-likeness (QED) is 0.508. The zero-order valence-corrected chi connectivity index (χ0v) is 7.56. The van der Waals surface area contributed by atoms with Crippen molar-refractivity contribution in [1.29, 1.82) is 0 Å². The molecule has 0 amide bonds. The molecule has 0 aliphatic heterocycles. The van der Waals surface area contributed by atoms with Crippen LogP contribution in [0.15, 0.2) is 24.3 Å². The van der Waals surface area contributed by atoms with Crippen molar-refractivity contribution in [3.63, 3.8) is 0 Å². The molecule has 0 fully saturated rings. The molecule has 0 saturated carbocycles. The summed E-state index contributed by atoms with van der Waals surface area (Å²) in [7, 11) is 2.67. The van der Waals surface area contributed by atoms with E-state index in [0.29, 0.717) is 13.2 Å². The van der Waals surface area contributed by atoms with Crippen LogP contribution in [0.25, 0.3) is 0 Å². The largest absolute Gasteiger partial charge is 0.491 e. The highest BCUT2D eigenvalue weighted by Crippen LogP contribution is 2.06. The lowest BCUT2D eigenvalue weighted by atomic mass is 9.89. The predicted molar refractivity (Wildman–Crippen MR) is 51.4 cm³/mol. The summed E-state index contributed by atoms with van der Waals surface area (Å²) < 4.78 is 10.2. The number of rotatable bonds is 5. The SMILES string of the molecule is COCCOc1cccc([B]O)c1. The first-order chi connectivity index (χ1) is 6.36. The Kier molecular flexibility index (Phi) is 4.36. The Morgan fingerprint density at radius 1 is 1.38 bits per heavy atom. The zero-order valence-electron chi connectivity index (χ0n) is 7.56. The first-order valence-electron chi connectivity index (χ1n) is 4.06. The summed E-state index contributed by atoms with van der Waals surface area (Å²) in [5.41, 5.74) is 0.731. The van der Waals surface area contributed by atoms with Crippen LogP contribution in [0.2, 0.25) is 0 Å². The smallest absolute Gasteiger partial charge is 0.326 e. The third-order valence-electron chi connectivity index (χ3n) is 1.56. The number of benzene rings is 1. The van der Waals surface area contributed by atoms with Crippen LogP contribution < -0.4 is 10.2 Å². The molecule has 69 valence electrons. The van der Waals surface area contributed by atoms with Crippen molar-refractivity contribution >= 4 is 12.9 Å². The summed E-state index contributed by atoms with van der Waals surface area (Å²) in [6.45, 7) is 1.08. The molecule has 1 radical (unpaired) electrons. The van der Waals surface area contributed by atoms with E-state index in [1.54, 1.807) is 19.2 Å². The van der Waals surface area contributed by atoms with Crippen molar-refractivity contribution < 1.29 is 14.5 Å². The van der Waals surface area contributed by atoms with Crippen LogP contribution in [0.5, 0.6) is 5.75 Å². The minimum absolute atomic E-state index is 0.519. The van der Waals surface area contributed by atoms with Gasteiger partial charge in [-0.05, 0) is 12.1 Å². The summed E-state index contributed by atoms with van der Waals surface area (Å²) >= 11 is 0. The fraction of sp³-hybridized carbons (Fsp3) is 0.333. The third kappa shape index (κ3) is 3.48. The van der Waals surface area contributed by atoms with Gasteiger partial charge in [-0.2, -0.15) is 0 Å². The number of ether oxygens (including phenoxy) is 2. The van der Waals surface area contributed by atoms with Crippen LogP contribution in [0, 0.1) is 0 Å². The van der Waals surface area contributed by atoms with Crippen LogP contribution in [-0.4, -0.2) is 32.8 Å². The average molecular weight is 179 g/mol. The monoisotopic (exact) mass is 179 g/mol. The van der Waals surface area contributed by atoms with Crippen molar-refractivity contribution in [2.45, 2.75) is 0 Å². The lowest BCUT2D eigenvalue weighted by Gasteiger charge is -2.05. The summed E-state index contributed by atoms with van der Waals surface area (Å²) in [6.07, 6.45) is 0. The molecule has 1 aromatic carbocycles. The molecule has 1 N–H and O–H groups in total. The first kappa shape index (κ1) is 10.1. The highest BCUT2D eigenvalue weighted by molar-refractivity contribution is 6.45. The van der Waals surface area contributed by atoms with Gasteiger partial charge in [-0.25, -0.2) is 0 Å². The Labute approximate surface area is 78.6 Å². The van der Waals surface area contributed by atoms with E-state index in [2.05, 4.69) is 0 Å². The number of hydrogen-bond acceptors (Lipinski definition) is 3. The maximum Gasteiger partial charge on any atom is 0.326 e. The normalized spacial score (nSPS) is 9.69. The summed E-state index contributed by atoms with van der Waals surface area (Å²) in [4.78, 5) is 0. The van der Waals surface area contributed by atoms with Crippen LogP contribution >= 0.6 is 0 Å². The first-order valence-corrected chi connectivity index (χ1v) is 4.06. The summed E-state index contributed by atoms with van der Waals surface area (Å²) in [5, 5.41) is 8.73. The van der Waals surface area contributed by atoms with Gasteiger partial charge in [0.2, 0.25) is 0 Å². The number of hydrogen-bond donors (Lipinski definition) is 1. The van der Waals surface area contributed by atoms with E-state index in [9.17, 15) is 0 Å². The van der Waals surface area contributed by atoms with Crippen LogP contribution in [0.4, 0.5) is 0 Å². The second kappa shape index (κ2) is 5.62. The highest BCUT2D eigenvalue weighted by atomic mass is 16.5. The minimum Gasteiger partial charge on any atom is -0.491 e. The van der Waals surface area contributed by atoms with E-state index in [0.717, 1.165) is 18.7 Å². The van der Waals surface area contributed by atoms with Gasteiger partial charge in [0, 0.05) is 7.11 Å². The average Bonchev–Trinajstić information content (AvgIpc) is 2.19. The van der Waals surface area contributed by atoms with Crippen molar-refractivity contribution in [3.8, 4) is 5.75 Å². The molecule has 0 aliphatic carbocycles. The van der Waals surface area contributed by atoms with Crippen LogP contribution in [0.1, 0.15) is 0 Å². The highest BCUT2D eigenvalue weighted by Gasteiger charge is 1.96. The summed E-state index contributed by atoms with van der Waals surface area (Å²) in [6, 6.07) is 7.21. The zero-order chi connectivity index (χ0) is 9.52. The van der Waals surface area contributed by atoms with Crippen molar-refractivity contribution in [1.82, 2.24) is 0 Å². The third-order valence-corrected chi connectivity index (χ3v) is 1.56. The Morgan fingerprint density at radius 3 is 2.92 bits per heavy atom. The van der Waals surface area contributed by atoms with E-state index in [4.69, 9.17) is 14.5 Å². The van der Waals surface area contributed by atoms with Gasteiger partial charge in [0.1, 0.15) is 12.4 Å². The van der Waals surface area contributed by atoms with E-state index in [-0.39, 0.29) is 0 Å². The number of methoxy groups -OCH3 is 1. The second-order valence-electron chi connectivity index (χ2n) is 2.54. The maximum absolute atomic E-state index is 8.73. The molecule has 0 bridgehead atoms. The molecule has 1 rings (SSSR count). The molecule has 0 saturated heterocycles. The Balaban J connectivity index is 2.46. The molecule has 0 heterocycles. The Hall–Kier alpha value is -0.995. The molecule has 0 aromatic heterocycles. The fourth-order valence-electron chi connectivity index (χ4n) is 0.927. The van der Waals surface area contributed by atoms with Gasteiger partial charge in [-0.3, -0.25) is 0 Å². The van der Waals surface area contributed by atoms with Gasteiger partial charge in [0.05, 0.1) is 6.61 Å². The van der Waals surface area contributed by atoms with Crippen molar-refractivity contribution in [3.05, 3.63) is 24.3 Å². The predicted octanol–water partition coefficient (Wildman–Crippen LogP) is -0.0514. The molecule has 0 aliphatic rings. The maximum atomic E-state index is 8.73. The van der Waals surface area contributed by atoms with E-state index >= 15 is 0 Å².